The molecule has 24 heavy (non-hydrogen) atoms. The molecule has 1 unspecified atom stereocenters. The van der Waals surface area contributed by atoms with Gasteiger partial charge in [0, 0.05) is 25.2 Å². The summed E-state index contributed by atoms with van der Waals surface area (Å²) in [6, 6.07) is 8.36. The number of carbonyl (C=O) groups excluding carboxylic acids is 1. The minimum absolute atomic E-state index is 0.199. The SMILES string of the molecule is N#Cc1ccnc(OC2CCN(C(=O)c3c(F)cccc3F)C2)c1. The number of nitrogens with zero attached hydrogens (tertiary/aromatic N) is 3. The Morgan fingerprint density at radius 1 is 1.33 bits per heavy atom. The predicted molar refractivity (Wildman–Crippen MR) is 80.2 cm³/mol. The summed E-state index contributed by atoms with van der Waals surface area (Å²) in [6.07, 6.45) is 1.63. The molecule has 1 aliphatic rings. The Labute approximate surface area is 137 Å². The average Bonchev–Trinajstić information content (AvgIpc) is 3.03. The smallest absolute Gasteiger partial charge is 0.259 e. The van der Waals surface area contributed by atoms with Crippen LogP contribution in [0.3, 0.4) is 0 Å². The molecule has 1 fully saturated rings. The monoisotopic (exact) mass is 329 g/mol. The molecule has 122 valence electrons. The summed E-state index contributed by atoms with van der Waals surface area (Å²) < 4.78 is 33.1. The van der Waals surface area contributed by atoms with E-state index in [1.807, 2.05) is 6.07 Å². The van der Waals surface area contributed by atoms with E-state index in [1.54, 1.807) is 6.07 Å². The molecule has 3 rings (SSSR count). The number of rotatable bonds is 3. The van der Waals surface area contributed by atoms with E-state index in [-0.39, 0.29) is 18.5 Å². The van der Waals surface area contributed by atoms with Crippen LogP contribution in [0.1, 0.15) is 22.3 Å². The zero-order valence-corrected chi connectivity index (χ0v) is 12.6. The predicted octanol–water partition coefficient (Wildman–Crippen LogP) is 2.52. The molecule has 1 saturated heterocycles. The number of carbonyl (C=O) groups is 1. The van der Waals surface area contributed by atoms with Crippen molar-refractivity contribution in [2.45, 2.75) is 12.5 Å². The number of nitriles is 1. The summed E-state index contributed by atoms with van der Waals surface area (Å²) >= 11 is 0. The summed E-state index contributed by atoms with van der Waals surface area (Å²) in [5.74, 6) is -2.18. The highest BCUT2D eigenvalue weighted by Crippen LogP contribution is 2.21. The highest BCUT2D eigenvalue weighted by atomic mass is 19.1. The third-order valence-electron chi connectivity index (χ3n) is 3.76. The maximum Gasteiger partial charge on any atom is 0.259 e. The third kappa shape index (κ3) is 3.18. The molecule has 2 heterocycles. The number of aromatic nitrogens is 1. The molecule has 0 aliphatic carbocycles. The van der Waals surface area contributed by atoms with Gasteiger partial charge in [-0.3, -0.25) is 4.79 Å². The van der Waals surface area contributed by atoms with Gasteiger partial charge in [-0.15, -0.1) is 0 Å². The summed E-state index contributed by atoms with van der Waals surface area (Å²) in [5, 5.41) is 8.86. The molecule has 5 nitrogen and oxygen atoms in total. The molecule has 1 amide bonds. The van der Waals surface area contributed by atoms with Gasteiger partial charge in [-0.2, -0.15) is 5.26 Å². The minimum Gasteiger partial charge on any atom is -0.472 e. The van der Waals surface area contributed by atoms with Gasteiger partial charge in [-0.05, 0) is 18.2 Å². The summed E-state index contributed by atoms with van der Waals surface area (Å²) in [4.78, 5) is 17.7. The van der Waals surface area contributed by atoms with E-state index in [4.69, 9.17) is 10.00 Å². The normalized spacial score (nSPS) is 16.7. The van der Waals surface area contributed by atoms with Crippen LogP contribution in [0.5, 0.6) is 5.88 Å². The fourth-order valence-corrected chi connectivity index (χ4v) is 2.58. The standard InChI is InChI=1S/C17H13F2N3O2/c18-13-2-1-3-14(19)16(13)17(23)22-7-5-12(10-22)24-15-8-11(9-20)4-6-21-15/h1-4,6,8,12H,5,7,10H2. The van der Waals surface area contributed by atoms with Gasteiger partial charge in [0.2, 0.25) is 5.88 Å². The van der Waals surface area contributed by atoms with E-state index in [9.17, 15) is 13.6 Å². The summed E-state index contributed by atoms with van der Waals surface area (Å²) in [7, 11) is 0. The first-order valence-electron chi connectivity index (χ1n) is 7.34. The van der Waals surface area contributed by atoms with Crippen LogP contribution in [-0.4, -0.2) is 35.0 Å². The second kappa shape index (κ2) is 6.62. The van der Waals surface area contributed by atoms with Gasteiger partial charge in [-0.25, -0.2) is 13.8 Å². The number of likely N-dealkylation sites (tertiary alicyclic amines) is 1. The zero-order chi connectivity index (χ0) is 17.1. The Balaban J connectivity index is 1.69. The molecule has 0 spiro atoms. The second-order valence-corrected chi connectivity index (χ2v) is 5.37. The Morgan fingerprint density at radius 2 is 2.08 bits per heavy atom. The molecule has 1 aromatic carbocycles. The van der Waals surface area contributed by atoms with Crippen molar-refractivity contribution in [3.8, 4) is 11.9 Å². The van der Waals surface area contributed by atoms with Crippen LogP contribution in [0, 0.1) is 23.0 Å². The second-order valence-electron chi connectivity index (χ2n) is 5.37. The van der Waals surface area contributed by atoms with Crippen LogP contribution < -0.4 is 4.74 Å². The van der Waals surface area contributed by atoms with Gasteiger partial charge < -0.3 is 9.64 Å². The van der Waals surface area contributed by atoms with Crippen molar-refractivity contribution in [3.05, 3.63) is 59.3 Å². The van der Waals surface area contributed by atoms with Crippen molar-refractivity contribution in [3.63, 3.8) is 0 Å². The zero-order valence-electron chi connectivity index (χ0n) is 12.6. The van der Waals surface area contributed by atoms with E-state index in [0.717, 1.165) is 12.1 Å². The molecule has 1 atom stereocenters. The lowest BCUT2D eigenvalue weighted by Crippen LogP contribution is -2.32. The first kappa shape index (κ1) is 15.9. The van der Waals surface area contributed by atoms with E-state index in [1.165, 1.54) is 23.2 Å². The van der Waals surface area contributed by atoms with Crippen molar-refractivity contribution >= 4 is 5.91 Å². The van der Waals surface area contributed by atoms with E-state index in [0.29, 0.717) is 18.5 Å². The van der Waals surface area contributed by atoms with Crippen LogP contribution in [-0.2, 0) is 0 Å². The average molecular weight is 329 g/mol. The topological polar surface area (TPSA) is 66.2 Å². The van der Waals surface area contributed by atoms with Crippen LogP contribution in [0.2, 0.25) is 0 Å². The largest absolute Gasteiger partial charge is 0.472 e. The van der Waals surface area contributed by atoms with Gasteiger partial charge in [0.1, 0.15) is 23.3 Å². The molecule has 7 heteroatoms. The first-order valence-corrected chi connectivity index (χ1v) is 7.34. The van der Waals surface area contributed by atoms with Gasteiger partial charge in [0.15, 0.2) is 0 Å². The molecule has 1 aliphatic heterocycles. The number of pyridine rings is 1. The third-order valence-corrected chi connectivity index (χ3v) is 3.76. The Hall–Kier alpha value is -3.01. The van der Waals surface area contributed by atoms with Crippen LogP contribution in [0.25, 0.3) is 0 Å². The maximum absolute atomic E-state index is 13.7. The molecule has 0 saturated carbocycles. The Bertz CT molecular complexity index is 799. The molecule has 0 radical (unpaired) electrons. The minimum atomic E-state index is -0.882. The van der Waals surface area contributed by atoms with Gasteiger partial charge >= 0.3 is 0 Å². The number of hydrogen-bond donors (Lipinski definition) is 0. The van der Waals surface area contributed by atoms with Crippen molar-refractivity contribution in [1.29, 1.82) is 5.26 Å². The molecule has 0 bridgehead atoms. The molecule has 1 aromatic heterocycles. The van der Waals surface area contributed by atoms with Gasteiger partial charge in [0.25, 0.3) is 5.91 Å². The lowest BCUT2D eigenvalue weighted by molar-refractivity contribution is 0.0761. The van der Waals surface area contributed by atoms with E-state index in [2.05, 4.69) is 4.98 Å². The van der Waals surface area contributed by atoms with Crippen LogP contribution >= 0.6 is 0 Å². The lowest BCUT2D eigenvalue weighted by atomic mass is 10.1. The number of benzene rings is 1. The summed E-state index contributed by atoms with van der Waals surface area (Å²) in [6.45, 7) is 0.528. The van der Waals surface area contributed by atoms with Crippen LogP contribution in [0.4, 0.5) is 8.78 Å². The van der Waals surface area contributed by atoms with Crippen molar-refractivity contribution in [2.24, 2.45) is 0 Å². The lowest BCUT2D eigenvalue weighted by Gasteiger charge is -2.17. The van der Waals surface area contributed by atoms with Crippen molar-refractivity contribution < 1.29 is 18.3 Å². The van der Waals surface area contributed by atoms with Crippen molar-refractivity contribution in [1.82, 2.24) is 9.88 Å². The number of halogens is 2. The highest BCUT2D eigenvalue weighted by Gasteiger charge is 2.31. The van der Waals surface area contributed by atoms with Crippen LogP contribution in [0.15, 0.2) is 36.5 Å². The van der Waals surface area contributed by atoms with Gasteiger partial charge in [0.05, 0.1) is 18.2 Å². The fourth-order valence-electron chi connectivity index (χ4n) is 2.58. The first-order chi connectivity index (χ1) is 11.6. The Morgan fingerprint density at radius 3 is 2.79 bits per heavy atom. The molecular weight excluding hydrogens is 316 g/mol. The van der Waals surface area contributed by atoms with Gasteiger partial charge in [-0.1, -0.05) is 6.07 Å². The quantitative estimate of drug-likeness (QED) is 0.868. The molecular formula is C17H13F2N3O2. The van der Waals surface area contributed by atoms with E-state index < -0.39 is 23.1 Å². The number of amides is 1. The highest BCUT2D eigenvalue weighted by molar-refractivity contribution is 5.95. The molecule has 0 N–H and O–H groups in total. The maximum atomic E-state index is 13.7. The molecule has 2 aromatic rings. The van der Waals surface area contributed by atoms with E-state index >= 15 is 0 Å². The number of ether oxygens (including phenoxy) is 1. The Kier molecular flexibility index (Phi) is 4.38. The number of hydrogen-bond acceptors (Lipinski definition) is 4. The summed E-state index contributed by atoms with van der Waals surface area (Å²) in [5.41, 5.74) is -0.137. The fraction of sp³-hybridized carbons (Fsp3) is 0.235. The van der Waals surface area contributed by atoms with Crippen molar-refractivity contribution in [2.75, 3.05) is 13.1 Å².